The van der Waals surface area contributed by atoms with Gasteiger partial charge in [0.05, 0.1) is 22.6 Å². The maximum atomic E-state index is 13.6. The predicted octanol–water partition coefficient (Wildman–Crippen LogP) is 3.41. The van der Waals surface area contributed by atoms with Gasteiger partial charge in [0.25, 0.3) is 15.7 Å². The van der Waals surface area contributed by atoms with Gasteiger partial charge in [0.15, 0.2) is 0 Å². The quantitative estimate of drug-likeness (QED) is 0.464. The van der Waals surface area contributed by atoms with Crippen LogP contribution in [-0.2, 0) is 14.8 Å². The van der Waals surface area contributed by atoms with Crippen LogP contribution in [0.2, 0.25) is 0 Å². The molecule has 2 aromatic carbocycles. The van der Waals surface area contributed by atoms with E-state index in [9.17, 15) is 23.3 Å². The molecule has 2 bridgehead atoms. The summed E-state index contributed by atoms with van der Waals surface area (Å²) in [5, 5.41) is 14.4. The highest BCUT2D eigenvalue weighted by Gasteiger charge is 2.40. The van der Waals surface area contributed by atoms with E-state index in [1.165, 1.54) is 25.7 Å². The van der Waals surface area contributed by atoms with Crippen molar-refractivity contribution in [2.24, 2.45) is 11.8 Å². The third kappa shape index (κ3) is 4.66. The fourth-order valence-electron chi connectivity index (χ4n) is 4.94. The summed E-state index contributed by atoms with van der Waals surface area (Å²) in [6.45, 7) is 1.11. The highest BCUT2D eigenvalue weighted by molar-refractivity contribution is 7.92. The minimum Gasteiger partial charge on any atom is -0.497 e. The van der Waals surface area contributed by atoms with Crippen molar-refractivity contribution in [3.8, 4) is 5.75 Å². The Kier molecular flexibility index (Phi) is 6.29. The Labute approximate surface area is 192 Å². The van der Waals surface area contributed by atoms with Crippen molar-refractivity contribution in [2.45, 2.75) is 43.5 Å². The number of rotatable bonds is 8. The Balaban J connectivity index is 1.65. The largest absolute Gasteiger partial charge is 0.497 e. The molecule has 9 nitrogen and oxygen atoms in total. The zero-order chi connectivity index (χ0) is 23.8. The van der Waals surface area contributed by atoms with Gasteiger partial charge < -0.3 is 10.1 Å². The summed E-state index contributed by atoms with van der Waals surface area (Å²) in [6.07, 6.45) is 4.31. The second-order valence-electron chi connectivity index (χ2n) is 8.76. The lowest BCUT2D eigenvalue weighted by molar-refractivity contribution is -0.385. The van der Waals surface area contributed by atoms with Crippen molar-refractivity contribution in [3.05, 3.63) is 58.1 Å². The third-order valence-electron chi connectivity index (χ3n) is 6.70. The molecule has 0 unspecified atom stereocenters. The molecule has 33 heavy (non-hydrogen) atoms. The third-order valence-corrected chi connectivity index (χ3v) is 8.47. The van der Waals surface area contributed by atoms with E-state index < -0.39 is 27.4 Å². The molecule has 0 radical (unpaired) electrons. The number of sulfonamides is 1. The number of ether oxygens (including phenoxy) is 1. The van der Waals surface area contributed by atoms with Crippen LogP contribution in [0.1, 0.15) is 31.2 Å². The minimum atomic E-state index is -4.26. The summed E-state index contributed by atoms with van der Waals surface area (Å²) in [6, 6.07) is 10.1. The van der Waals surface area contributed by atoms with Crippen LogP contribution >= 0.6 is 0 Å². The van der Waals surface area contributed by atoms with Gasteiger partial charge in [0.1, 0.15) is 12.3 Å². The molecule has 0 heterocycles. The lowest BCUT2D eigenvalue weighted by Gasteiger charge is -2.27. The van der Waals surface area contributed by atoms with E-state index in [0.29, 0.717) is 23.1 Å². The number of nitrogens with one attached hydrogen (secondary N) is 1. The standard InChI is InChI=1S/C23H27N3O6S/c1-15-3-10-20(13-22(15)26(28)29)33(30,31)25(18-6-8-19(32-2)9-7-18)14-23(27)24-21-12-16-4-5-17(21)11-16/h3,6-10,13,16-17,21H,4-5,11-12,14H2,1-2H3,(H,24,27)/t16-,17-,21-/m0/s1. The lowest BCUT2D eigenvalue weighted by atomic mass is 9.95. The lowest BCUT2D eigenvalue weighted by Crippen LogP contribution is -2.46. The first kappa shape index (κ1) is 23.0. The number of nitro benzene ring substituents is 1. The highest BCUT2D eigenvalue weighted by Crippen LogP contribution is 2.44. The van der Waals surface area contributed by atoms with E-state index in [1.807, 2.05) is 0 Å². The molecule has 2 aliphatic rings. The van der Waals surface area contributed by atoms with Gasteiger partial charge in [-0.3, -0.25) is 19.2 Å². The number of carbonyl (C=O) groups excluding carboxylic acids is 1. The number of benzene rings is 2. The Bertz CT molecular complexity index is 1170. The molecule has 2 aromatic rings. The van der Waals surface area contributed by atoms with Crippen LogP contribution in [0.15, 0.2) is 47.4 Å². The fraction of sp³-hybridized carbons (Fsp3) is 0.435. The first-order chi connectivity index (χ1) is 15.7. The Morgan fingerprint density at radius 2 is 1.91 bits per heavy atom. The molecule has 0 spiro atoms. The van der Waals surface area contributed by atoms with Crippen molar-refractivity contribution in [3.63, 3.8) is 0 Å². The van der Waals surface area contributed by atoms with Gasteiger partial charge in [0, 0.05) is 17.7 Å². The number of nitrogens with zero attached hydrogens (tertiary/aromatic N) is 2. The summed E-state index contributed by atoms with van der Waals surface area (Å²) in [4.78, 5) is 23.4. The number of aryl methyl sites for hydroxylation is 1. The van der Waals surface area contributed by atoms with E-state index in [1.54, 1.807) is 31.2 Å². The second kappa shape index (κ2) is 9.01. The summed E-state index contributed by atoms with van der Waals surface area (Å²) >= 11 is 0. The molecule has 2 saturated carbocycles. The topological polar surface area (TPSA) is 119 Å². The molecular formula is C23H27N3O6S. The number of methoxy groups -OCH3 is 1. The molecule has 2 aliphatic carbocycles. The smallest absolute Gasteiger partial charge is 0.273 e. The van der Waals surface area contributed by atoms with Gasteiger partial charge in [0.2, 0.25) is 5.91 Å². The number of nitro groups is 1. The number of amides is 1. The normalized spacial score (nSPS) is 21.6. The number of anilines is 1. The monoisotopic (exact) mass is 473 g/mol. The minimum absolute atomic E-state index is 0.0668. The van der Waals surface area contributed by atoms with Gasteiger partial charge in [-0.25, -0.2) is 8.42 Å². The predicted molar refractivity (Wildman–Crippen MR) is 123 cm³/mol. The molecule has 0 saturated heterocycles. The number of fused-ring (bicyclic) bond motifs is 2. The Hall–Kier alpha value is -3.14. The molecule has 4 rings (SSSR count). The average Bonchev–Trinajstić information content (AvgIpc) is 3.41. The molecule has 0 aromatic heterocycles. The van der Waals surface area contributed by atoms with Crippen LogP contribution in [0, 0.1) is 28.9 Å². The van der Waals surface area contributed by atoms with Gasteiger partial charge in [-0.1, -0.05) is 12.5 Å². The van der Waals surface area contributed by atoms with E-state index in [-0.39, 0.29) is 22.3 Å². The molecule has 1 N–H and O–H groups in total. The molecule has 10 heteroatoms. The zero-order valence-electron chi connectivity index (χ0n) is 18.6. The second-order valence-corrected chi connectivity index (χ2v) is 10.6. The summed E-state index contributed by atoms with van der Waals surface area (Å²) in [5.41, 5.74) is 0.322. The Morgan fingerprint density at radius 3 is 2.48 bits per heavy atom. The first-order valence-electron chi connectivity index (χ1n) is 10.9. The van der Waals surface area contributed by atoms with Crippen LogP contribution in [0.25, 0.3) is 0 Å². The summed E-state index contributed by atoms with van der Waals surface area (Å²) < 4.78 is 33.3. The molecule has 1 amide bonds. The van der Waals surface area contributed by atoms with Gasteiger partial charge >= 0.3 is 0 Å². The number of carbonyl (C=O) groups is 1. The van der Waals surface area contributed by atoms with Crippen LogP contribution < -0.4 is 14.4 Å². The SMILES string of the molecule is COc1ccc(N(CC(=O)N[C@H]2C[C@H]3CC[C@H]2C3)S(=O)(=O)c2ccc(C)c([N+](=O)[O-])c2)cc1. The number of hydrogen-bond acceptors (Lipinski definition) is 6. The molecule has 176 valence electrons. The zero-order valence-corrected chi connectivity index (χ0v) is 19.4. The van der Waals surface area contributed by atoms with Crippen molar-refractivity contribution in [1.82, 2.24) is 5.32 Å². The molecule has 3 atom stereocenters. The Morgan fingerprint density at radius 1 is 1.18 bits per heavy atom. The van der Waals surface area contributed by atoms with Crippen LogP contribution in [0.4, 0.5) is 11.4 Å². The highest BCUT2D eigenvalue weighted by atomic mass is 32.2. The summed E-state index contributed by atoms with van der Waals surface area (Å²) in [7, 11) is -2.76. The average molecular weight is 474 g/mol. The number of hydrogen-bond donors (Lipinski definition) is 1. The molecule has 2 fully saturated rings. The van der Waals surface area contributed by atoms with E-state index >= 15 is 0 Å². The van der Waals surface area contributed by atoms with Crippen molar-refractivity contribution >= 4 is 27.3 Å². The van der Waals surface area contributed by atoms with E-state index in [2.05, 4.69) is 5.32 Å². The van der Waals surface area contributed by atoms with Crippen molar-refractivity contribution < 1.29 is 22.9 Å². The van der Waals surface area contributed by atoms with E-state index in [4.69, 9.17) is 4.74 Å². The van der Waals surface area contributed by atoms with Gasteiger partial charge in [-0.15, -0.1) is 0 Å². The van der Waals surface area contributed by atoms with Crippen molar-refractivity contribution in [2.75, 3.05) is 18.0 Å². The maximum Gasteiger partial charge on any atom is 0.273 e. The summed E-state index contributed by atoms with van der Waals surface area (Å²) in [5.74, 6) is 1.22. The van der Waals surface area contributed by atoms with E-state index in [0.717, 1.165) is 29.6 Å². The van der Waals surface area contributed by atoms with Crippen molar-refractivity contribution in [1.29, 1.82) is 0 Å². The van der Waals surface area contributed by atoms with Crippen LogP contribution in [0.3, 0.4) is 0 Å². The maximum absolute atomic E-state index is 13.6. The molecular weight excluding hydrogens is 446 g/mol. The van der Waals surface area contributed by atoms with Gasteiger partial charge in [-0.2, -0.15) is 0 Å². The van der Waals surface area contributed by atoms with Crippen LogP contribution in [0.5, 0.6) is 5.75 Å². The van der Waals surface area contributed by atoms with Crippen LogP contribution in [-0.4, -0.2) is 38.9 Å². The first-order valence-corrected chi connectivity index (χ1v) is 12.3. The van der Waals surface area contributed by atoms with Gasteiger partial charge in [-0.05, 0) is 68.4 Å². The molecule has 0 aliphatic heterocycles. The fourth-order valence-corrected chi connectivity index (χ4v) is 6.38.